The van der Waals surface area contributed by atoms with Crippen LogP contribution in [0.3, 0.4) is 0 Å². The molecule has 0 saturated carbocycles. The molecule has 5 heteroatoms. The normalized spacial score (nSPS) is 15.0. The van der Waals surface area contributed by atoms with Gasteiger partial charge < -0.3 is 14.5 Å². The van der Waals surface area contributed by atoms with E-state index >= 15 is 0 Å². The quantitative estimate of drug-likeness (QED) is 0.775. The zero-order valence-electron chi connectivity index (χ0n) is 13.3. The summed E-state index contributed by atoms with van der Waals surface area (Å²) in [7, 11) is 1.73. The second-order valence-corrected chi connectivity index (χ2v) is 5.65. The van der Waals surface area contributed by atoms with Crippen molar-refractivity contribution >= 4 is 12.0 Å². The predicted octanol–water partition coefficient (Wildman–Crippen LogP) is 2.36. The average Bonchev–Trinajstić information content (AvgIpc) is 2.22. The topological polar surface area (TPSA) is 49.9 Å². The van der Waals surface area contributed by atoms with Crippen LogP contribution < -0.4 is 0 Å². The first-order chi connectivity index (χ1) is 8.69. The molecule has 0 spiro atoms. The minimum Gasteiger partial charge on any atom is -0.444 e. The molecular formula is C14H28N2O3. The van der Waals surface area contributed by atoms with Gasteiger partial charge in [-0.15, -0.1) is 0 Å². The van der Waals surface area contributed by atoms with Crippen molar-refractivity contribution in [1.29, 1.82) is 0 Å². The summed E-state index contributed by atoms with van der Waals surface area (Å²) in [4.78, 5) is 26.0. The van der Waals surface area contributed by atoms with Gasteiger partial charge in [-0.2, -0.15) is 0 Å². The minimum atomic E-state index is -0.462. The molecule has 2 amide bonds. The van der Waals surface area contributed by atoms with Crippen molar-refractivity contribution in [2.45, 2.75) is 47.1 Å². The molecule has 0 unspecified atom stereocenters. The minimum absolute atomic E-state index is 0.0983. The summed E-state index contributed by atoms with van der Waals surface area (Å²) < 4.78 is 5.25. The van der Waals surface area contributed by atoms with Crippen molar-refractivity contribution in [1.82, 2.24) is 9.80 Å². The zero-order valence-corrected chi connectivity index (χ0v) is 13.3. The van der Waals surface area contributed by atoms with E-state index in [-0.39, 0.29) is 12.0 Å². The first-order valence-electron chi connectivity index (χ1n) is 6.88. The van der Waals surface area contributed by atoms with Crippen molar-refractivity contribution in [2.24, 2.45) is 5.92 Å². The van der Waals surface area contributed by atoms with E-state index in [9.17, 15) is 9.59 Å². The lowest BCUT2D eigenvalue weighted by Gasteiger charge is -2.40. The van der Waals surface area contributed by atoms with Gasteiger partial charge in [-0.25, -0.2) is 4.79 Å². The first kappa shape index (κ1) is 17.7. The molecule has 5 nitrogen and oxygen atoms in total. The summed E-state index contributed by atoms with van der Waals surface area (Å²) in [6.45, 7) is 13.2. The highest BCUT2D eigenvalue weighted by Gasteiger charge is 2.31. The molecule has 1 rings (SSSR count). The molecule has 0 aromatic carbocycles. The standard InChI is InChI=1S/C12H22N2O3.C2H6/c1-9(15)14-7-10(8-14)6-13(5)11(16)17-12(2,3)4;1-2/h10H,6-8H2,1-5H3;1-2H3. The Bertz CT molecular complexity index is 304. The van der Waals surface area contributed by atoms with Crippen LogP contribution >= 0.6 is 0 Å². The maximum atomic E-state index is 11.7. The number of ether oxygens (including phenoxy) is 1. The number of hydrogen-bond acceptors (Lipinski definition) is 3. The third-order valence-corrected chi connectivity index (χ3v) is 2.64. The Morgan fingerprint density at radius 2 is 1.74 bits per heavy atom. The van der Waals surface area contributed by atoms with Crippen molar-refractivity contribution in [3.05, 3.63) is 0 Å². The number of likely N-dealkylation sites (tertiary alicyclic amines) is 1. The van der Waals surface area contributed by atoms with Gasteiger partial charge >= 0.3 is 6.09 Å². The summed E-state index contributed by atoms with van der Waals surface area (Å²) in [5.41, 5.74) is -0.462. The lowest BCUT2D eigenvalue weighted by Crippen LogP contribution is -2.53. The molecule has 1 saturated heterocycles. The summed E-state index contributed by atoms with van der Waals surface area (Å²) in [6, 6.07) is 0. The van der Waals surface area contributed by atoms with Crippen molar-refractivity contribution < 1.29 is 14.3 Å². The smallest absolute Gasteiger partial charge is 0.410 e. The fourth-order valence-corrected chi connectivity index (χ4v) is 1.74. The number of amides is 2. The van der Waals surface area contributed by atoms with Crippen LogP contribution in [-0.4, -0.2) is 54.1 Å². The van der Waals surface area contributed by atoms with Crippen LogP contribution in [0.5, 0.6) is 0 Å². The molecule has 0 aliphatic carbocycles. The Labute approximate surface area is 116 Å². The number of carbonyl (C=O) groups excluding carboxylic acids is 2. The molecule has 1 aliphatic heterocycles. The third kappa shape index (κ3) is 6.45. The van der Waals surface area contributed by atoms with Crippen LogP contribution in [0, 0.1) is 5.92 Å². The van der Waals surface area contributed by atoms with E-state index in [0.29, 0.717) is 12.5 Å². The van der Waals surface area contributed by atoms with Crippen LogP contribution in [0.25, 0.3) is 0 Å². The Hall–Kier alpha value is -1.26. The Balaban J connectivity index is 0.00000154. The van der Waals surface area contributed by atoms with Gasteiger partial charge in [0.2, 0.25) is 5.91 Å². The molecule has 0 aromatic rings. The van der Waals surface area contributed by atoms with Gasteiger partial charge in [-0.3, -0.25) is 4.79 Å². The SMILES string of the molecule is CC.CC(=O)N1CC(CN(C)C(=O)OC(C)(C)C)C1. The largest absolute Gasteiger partial charge is 0.444 e. The van der Waals surface area contributed by atoms with Crippen LogP contribution in [0.15, 0.2) is 0 Å². The Morgan fingerprint density at radius 1 is 1.26 bits per heavy atom. The lowest BCUT2D eigenvalue weighted by atomic mass is 10.00. The van der Waals surface area contributed by atoms with E-state index in [1.165, 1.54) is 0 Å². The Morgan fingerprint density at radius 3 is 2.11 bits per heavy atom. The van der Waals surface area contributed by atoms with Crippen molar-refractivity contribution in [3.63, 3.8) is 0 Å². The van der Waals surface area contributed by atoms with E-state index < -0.39 is 5.60 Å². The van der Waals surface area contributed by atoms with Gasteiger partial charge in [0.15, 0.2) is 0 Å². The molecule has 0 bridgehead atoms. The van der Waals surface area contributed by atoms with E-state index in [4.69, 9.17) is 4.74 Å². The van der Waals surface area contributed by atoms with Crippen LogP contribution in [0.1, 0.15) is 41.5 Å². The molecule has 0 N–H and O–H groups in total. The molecule has 1 aliphatic rings. The third-order valence-electron chi connectivity index (χ3n) is 2.64. The summed E-state index contributed by atoms with van der Waals surface area (Å²) in [5.74, 6) is 0.470. The number of nitrogens with zero attached hydrogens (tertiary/aromatic N) is 2. The van der Waals surface area contributed by atoms with Crippen LogP contribution in [-0.2, 0) is 9.53 Å². The van der Waals surface area contributed by atoms with E-state index in [1.807, 2.05) is 34.6 Å². The highest BCUT2D eigenvalue weighted by Crippen LogP contribution is 2.17. The molecule has 1 heterocycles. The molecular weight excluding hydrogens is 244 g/mol. The van der Waals surface area contributed by atoms with Crippen LogP contribution in [0.4, 0.5) is 4.79 Å². The Kier molecular flexibility index (Phi) is 6.87. The monoisotopic (exact) mass is 272 g/mol. The average molecular weight is 272 g/mol. The van der Waals surface area contributed by atoms with Crippen molar-refractivity contribution in [3.8, 4) is 0 Å². The van der Waals surface area contributed by atoms with Crippen molar-refractivity contribution in [2.75, 3.05) is 26.7 Å². The zero-order chi connectivity index (χ0) is 15.2. The summed E-state index contributed by atoms with van der Waals surface area (Å²) >= 11 is 0. The maximum absolute atomic E-state index is 11.7. The fraction of sp³-hybridized carbons (Fsp3) is 0.857. The van der Waals surface area contributed by atoms with E-state index in [2.05, 4.69) is 0 Å². The van der Waals surface area contributed by atoms with Gasteiger partial charge in [0.1, 0.15) is 5.60 Å². The van der Waals surface area contributed by atoms with Gasteiger partial charge in [-0.1, -0.05) is 13.8 Å². The van der Waals surface area contributed by atoms with Gasteiger partial charge in [0.05, 0.1) is 0 Å². The number of rotatable bonds is 2. The van der Waals surface area contributed by atoms with E-state index in [1.54, 1.807) is 23.8 Å². The second-order valence-electron chi connectivity index (χ2n) is 5.65. The van der Waals surface area contributed by atoms with Gasteiger partial charge in [0, 0.05) is 39.5 Å². The number of carbonyl (C=O) groups is 2. The van der Waals surface area contributed by atoms with E-state index in [0.717, 1.165) is 13.1 Å². The molecule has 112 valence electrons. The van der Waals surface area contributed by atoms with Gasteiger partial charge in [0.25, 0.3) is 0 Å². The second kappa shape index (κ2) is 7.36. The first-order valence-corrected chi connectivity index (χ1v) is 6.88. The van der Waals surface area contributed by atoms with Gasteiger partial charge in [-0.05, 0) is 20.8 Å². The highest BCUT2D eigenvalue weighted by molar-refractivity contribution is 5.74. The predicted molar refractivity (Wildman–Crippen MR) is 76.0 cm³/mol. The fourth-order valence-electron chi connectivity index (χ4n) is 1.74. The molecule has 0 aromatic heterocycles. The summed E-state index contributed by atoms with van der Waals surface area (Å²) in [5, 5.41) is 0. The molecule has 0 radical (unpaired) electrons. The lowest BCUT2D eigenvalue weighted by molar-refractivity contribution is -0.135. The summed E-state index contributed by atoms with van der Waals surface area (Å²) in [6.07, 6.45) is -0.307. The number of hydrogen-bond donors (Lipinski definition) is 0. The van der Waals surface area contributed by atoms with Crippen LogP contribution in [0.2, 0.25) is 0 Å². The molecule has 19 heavy (non-hydrogen) atoms. The molecule has 0 atom stereocenters. The highest BCUT2D eigenvalue weighted by atomic mass is 16.6. The maximum Gasteiger partial charge on any atom is 0.410 e. The molecule has 1 fully saturated rings.